The molecule has 0 spiro atoms. The predicted molar refractivity (Wildman–Crippen MR) is 13.5 cm³/mol. The van der Waals surface area contributed by atoms with Crippen LogP contribution >= 0.6 is 0 Å². The number of hydrogen-bond donors (Lipinski definition) is 1. The van der Waals surface area contributed by atoms with Crippen LogP contribution in [0.4, 0.5) is 4.70 Å². The first kappa shape index (κ1) is 23.3. The first-order valence-corrected chi connectivity index (χ1v) is 0.565. The van der Waals surface area contributed by atoms with E-state index in [-0.39, 0.29) is 88.5 Å². The molecule has 0 aliphatic rings. The second-order valence-electron chi connectivity index (χ2n) is 0.238. The standard InChI is InChI=1S/FH.K.HNO3.Na.2H/c;;2-1(3)4;;;/h1H;;(H,2,3,4);;;/q;+1;;+1;2*-1. The average Bonchev–Trinajstić information content (AvgIpc) is 0.811. The molecule has 0 atom stereocenters. The minimum absolute atomic E-state index is 0. The van der Waals surface area contributed by atoms with E-state index in [1.807, 2.05) is 0 Å². The van der Waals surface area contributed by atoms with Crippen LogP contribution in [0.2, 0.25) is 0 Å². The molecule has 0 radical (unpaired) electrons. The quantitative estimate of drug-likeness (QED) is 0.211. The van der Waals surface area contributed by atoms with Gasteiger partial charge in [-0.05, 0) is 0 Å². The topological polar surface area (TPSA) is 63.4 Å². The fourth-order valence-electron chi connectivity index (χ4n) is 0. The van der Waals surface area contributed by atoms with Gasteiger partial charge >= 0.3 is 80.9 Å². The number of halogens is 1. The summed E-state index contributed by atoms with van der Waals surface area (Å²) in [4.78, 5) is 8.36. The molecule has 1 N–H and O–H groups in total. The molecular formula is H4FKNNaO3. The first-order valence-electron chi connectivity index (χ1n) is 0.565. The third-order valence-corrected chi connectivity index (χ3v) is 0. The monoisotopic (exact) mass is 147 g/mol. The summed E-state index contributed by atoms with van der Waals surface area (Å²) in [6.07, 6.45) is 0. The van der Waals surface area contributed by atoms with Crippen LogP contribution in [0.25, 0.3) is 0 Å². The molecule has 36 valence electrons. The smallest absolute Gasteiger partial charge is 1.00 e. The van der Waals surface area contributed by atoms with Gasteiger partial charge in [0.1, 0.15) is 0 Å². The maximum atomic E-state index is 8.36. The summed E-state index contributed by atoms with van der Waals surface area (Å²) in [5.41, 5.74) is 0. The van der Waals surface area contributed by atoms with Gasteiger partial charge in [-0.2, -0.15) is 0 Å². The van der Waals surface area contributed by atoms with Crippen molar-refractivity contribution in [1.29, 1.82) is 0 Å². The maximum Gasteiger partial charge on any atom is 1.00 e. The van der Waals surface area contributed by atoms with Crippen molar-refractivity contribution in [1.82, 2.24) is 0 Å². The summed E-state index contributed by atoms with van der Waals surface area (Å²) in [6.45, 7) is 0. The van der Waals surface area contributed by atoms with Crippen molar-refractivity contribution in [3.8, 4) is 0 Å². The molecule has 4 nitrogen and oxygen atoms in total. The van der Waals surface area contributed by atoms with Gasteiger partial charge in [0.2, 0.25) is 0 Å². The molecule has 0 bridgehead atoms. The van der Waals surface area contributed by atoms with E-state index in [1.165, 1.54) is 0 Å². The van der Waals surface area contributed by atoms with Crippen LogP contribution in [0, 0.1) is 10.1 Å². The Bertz CT molecular complexity index is 44.8. The summed E-state index contributed by atoms with van der Waals surface area (Å²) in [6, 6.07) is 0. The predicted octanol–water partition coefficient (Wildman–Crippen LogP) is -5.96. The summed E-state index contributed by atoms with van der Waals surface area (Å²) in [7, 11) is 0. The third-order valence-electron chi connectivity index (χ3n) is 0. The van der Waals surface area contributed by atoms with Crippen LogP contribution in [0.1, 0.15) is 2.85 Å². The molecule has 0 saturated carbocycles. The van der Waals surface area contributed by atoms with E-state index in [0.717, 1.165) is 0 Å². The van der Waals surface area contributed by atoms with Gasteiger partial charge in [0.05, 0.1) is 0 Å². The molecular weight excluding hydrogens is 143 g/mol. The van der Waals surface area contributed by atoms with E-state index >= 15 is 0 Å². The van der Waals surface area contributed by atoms with Crippen molar-refractivity contribution in [2.75, 3.05) is 0 Å². The van der Waals surface area contributed by atoms with Crippen molar-refractivity contribution < 1.29 is 98.8 Å². The molecule has 0 aliphatic carbocycles. The molecule has 7 heavy (non-hydrogen) atoms. The third kappa shape index (κ3) is 82.8. The zero-order valence-corrected chi connectivity index (χ0v) is 9.24. The molecule has 0 aliphatic heterocycles. The van der Waals surface area contributed by atoms with Crippen LogP contribution in [0.3, 0.4) is 0 Å². The van der Waals surface area contributed by atoms with Crippen molar-refractivity contribution in [3.05, 3.63) is 10.1 Å². The molecule has 0 aromatic carbocycles. The zero-order chi connectivity index (χ0) is 3.58. The Morgan fingerprint density at radius 1 is 1.71 bits per heavy atom. The van der Waals surface area contributed by atoms with E-state index in [1.54, 1.807) is 0 Å². The minimum Gasteiger partial charge on any atom is -1.00 e. The van der Waals surface area contributed by atoms with Gasteiger partial charge in [0, 0.05) is 0 Å². The summed E-state index contributed by atoms with van der Waals surface area (Å²) in [5, 5.41) is 13.6. The molecule has 0 fully saturated rings. The van der Waals surface area contributed by atoms with Crippen molar-refractivity contribution in [2.24, 2.45) is 0 Å². The van der Waals surface area contributed by atoms with Gasteiger partial charge in [-0.25, -0.2) is 0 Å². The molecule has 0 saturated heterocycles. The van der Waals surface area contributed by atoms with Gasteiger partial charge in [0.25, 0.3) is 5.09 Å². The Labute approximate surface area is 107 Å². The minimum atomic E-state index is -1.50. The second kappa shape index (κ2) is 15.7. The van der Waals surface area contributed by atoms with Gasteiger partial charge in [0.15, 0.2) is 0 Å². The van der Waals surface area contributed by atoms with Crippen molar-refractivity contribution in [3.63, 3.8) is 0 Å². The zero-order valence-electron chi connectivity index (χ0n) is 6.12. The Balaban J connectivity index is -0.00000000450. The Morgan fingerprint density at radius 3 is 1.71 bits per heavy atom. The van der Waals surface area contributed by atoms with Crippen molar-refractivity contribution >= 4 is 0 Å². The Kier molecular flexibility index (Phi) is 52.0. The fraction of sp³-hybridized carbons (Fsp3) is 0. The van der Waals surface area contributed by atoms with Crippen LogP contribution in [-0.4, -0.2) is 10.3 Å². The SMILES string of the molecule is F.O=[N+]([O-])O.[H-].[H-].[K+].[Na+]. The van der Waals surface area contributed by atoms with Crippen molar-refractivity contribution in [2.45, 2.75) is 0 Å². The molecule has 0 aromatic rings. The molecule has 0 amide bonds. The Morgan fingerprint density at radius 2 is 1.71 bits per heavy atom. The first-order chi connectivity index (χ1) is 1.73. The summed E-state index contributed by atoms with van der Waals surface area (Å²) >= 11 is 0. The average molecular weight is 147 g/mol. The van der Waals surface area contributed by atoms with Gasteiger partial charge in [-0.1, -0.05) is 0 Å². The van der Waals surface area contributed by atoms with Gasteiger partial charge < -0.3 is 8.06 Å². The number of nitrogens with zero attached hydrogens (tertiary/aromatic N) is 1. The van der Waals surface area contributed by atoms with Crippen LogP contribution < -0.4 is 80.9 Å². The number of rotatable bonds is 0. The molecule has 0 heterocycles. The Hall–Kier alpha value is 1.77. The molecule has 0 unspecified atom stereocenters. The van der Waals surface area contributed by atoms with E-state index < -0.39 is 5.09 Å². The van der Waals surface area contributed by atoms with Gasteiger partial charge in [-0.3, -0.25) is 4.70 Å². The van der Waals surface area contributed by atoms with Crippen LogP contribution in [0.5, 0.6) is 0 Å². The second-order valence-corrected chi connectivity index (χ2v) is 0.238. The van der Waals surface area contributed by atoms with Crippen LogP contribution in [0.15, 0.2) is 0 Å². The summed E-state index contributed by atoms with van der Waals surface area (Å²) < 4.78 is 0. The number of hydrogen-bond acceptors (Lipinski definition) is 2. The molecule has 0 rings (SSSR count). The largest absolute Gasteiger partial charge is 1.00 e. The van der Waals surface area contributed by atoms with E-state index in [2.05, 4.69) is 0 Å². The normalized spacial score (nSPS) is 3.43. The van der Waals surface area contributed by atoms with E-state index in [4.69, 9.17) is 15.3 Å². The van der Waals surface area contributed by atoms with E-state index in [0.29, 0.717) is 0 Å². The summed E-state index contributed by atoms with van der Waals surface area (Å²) in [5.74, 6) is 0. The van der Waals surface area contributed by atoms with E-state index in [9.17, 15) is 0 Å². The maximum absolute atomic E-state index is 8.36. The molecule has 0 aromatic heterocycles. The fourth-order valence-corrected chi connectivity index (χ4v) is 0. The molecule has 7 heteroatoms. The van der Waals surface area contributed by atoms with Crippen LogP contribution in [-0.2, 0) is 0 Å². The van der Waals surface area contributed by atoms with Gasteiger partial charge in [-0.15, -0.1) is 10.1 Å².